The zero-order chi connectivity index (χ0) is 12.7. The first kappa shape index (κ1) is 11.3. The number of guanidine groups is 1. The Morgan fingerprint density at radius 3 is 2.89 bits per heavy atom. The number of nitrogens with zero attached hydrogens (tertiary/aromatic N) is 3. The van der Waals surface area contributed by atoms with Gasteiger partial charge in [-0.3, -0.25) is 9.98 Å². The summed E-state index contributed by atoms with van der Waals surface area (Å²) >= 11 is 0. The van der Waals surface area contributed by atoms with Crippen LogP contribution in [0.5, 0.6) is 0 Å². The highest BCUT2D eigenvalue weighted by Crippen LogP contribution is 2.32. The lowest BCUT2D eigenvalue weighted by Crippen LogP contribution is -2.43. The summed E-state index contributed by atoms with van der Waals surface area (Å²) < 4.78 is 0. The van der Waals surface area contributed by atoms with Gasteiger partial charge in [0, 0.05) is 30.9 Å². The Bertz CT molecular complexity index is 484. The number of aliphatic imine (C=N–C) groups is 1. The molecule has 4 nitrogen and oxygen atoms in total. The Kier molecular flexibility index (Phi) is 2.67. The highest BCUT2D eigenvalue weighted by molar-refractivity contribution is 5.84. The molecule has 0 spiro atoms. The molecular weight excluding hydrogens is 236 g/mol. The van der Waals surface area contributed by atoms with Crippen LogP contribution in [-0.4, -0.2) is 41.0 Å². The van der Waals surface area contributed by atoms with Gasteiger partial charge in [0.25, 0.3) is 0 Å². The quantitative estimate of drug-likeness (QED) is 0.832. The monoisotopic (exact) mass is 256 g/mol. The van der Waals surface area contributed by atoms with E-state index in [0.29, 0.717) is 18.0 Å². The van der Waals surface area contributed by atoms with Gasteiger partial charge in [0.2, 0.25) is 0 Å². The molecule has 19 heavy (non-hydrogen) atoms. The normalized spacial score (nSPS) is 33.2. The van der Waals surface area contributed by atoms with Crippen molar-refractivity contribution < 1.29 is 0 Å². The minimum atomic E-state index is 0.522. The Balaban J connectivity index is 1.57. The van der Waals surface area contributed by atoms with Gasteiger partial charge in [-0.05, 0) is 30.5 Å². The Labute approximate surface area is 113 Å². The fourth-order valence-corrected chi connectivity index (χ4v) is 3.76. The third kappa shape index (κ3) is 1.90. The molecule has 3 aliphatic rings. The van der Waals surface area contributed by atoms with Gasteiger partial charge in [0.15, 0.2) is 5.96 Å². The topological polar surface area (TPSA) is 40.5 Å². The summed E-state index contributed by atoms with van der Waals surface area (Å²) in [5, 5.41) is 3.63. The molecule has 2 fully saturated rings. The van der Waals surface area contributed by atoms with Gasteiger partial charge in [0.1, 0.15) is 0 Å². The second kappa shape index (κ2) is 4.51. The molecule has 3 atom stereocenters. The molecule has 0 amide bonds. The molecule has 2 aliphatic heterocycles. The standard InChI is InChI=1S/C15H20N4/c1-2-4-14-13(3-1)18-15-17-9-12(10-19(14)15)11-5-7-16-8-6-11/h5-8,12-14H,1-4,9-10H2,(H,17,18). The van der Waals surface area contributed by atoms with Crippen LogP contribution in [0.1, 0.15) is 37.2 Å². The number of aromatic nitrogens is 1. The smallest absolute Gasteiger partial charge is 0.194 e. The molecular formula is C15H20N4. The van der Waals surface area contributed by atoms with Crippen molar-refractivity contribution in [2.45, 2.75) is 43.7 Å². The third-order valence-corrected chi connectivity index (χ3v) is 4.77. The molecule has 0 aromatic carbocycles. The van der Waals surface area contributed by atoms with Gasteiger partial charge in [-0.1, -0.05) is 12.8 Å². The molecule has 100 valence electrons. The zero-order valence-corrected chi connectivity index (χ0v) is 11.1. The molecule has 1 saturated heterocycles. The first-order chi connectivity index (χ1) is 9.42. The molecule has 3 heterocycles. The van der Waals surface area contributed by atoms with Gasteiger partial charge < -0.3 is 10.2 Å². The zero-order valence-electron chi connectivity index (χ0n) is 11.1. The molecule has 1 aromatic heterocycles. The lowest BCUT2D eigenvalue weighted by Gasteiger charge is -2.35. The minimum absolute atomic E-state index is 0.522. The van der Waals surface area contributed by atoms with Crippen molar-refractivity contribution in [3.8, 4) is 0 Å². The fourth-order valence-electron chi connectivity index (χ4n) is 3.76. The number of fused-ring (bicyclic) bond motifs is 3. The van der Waals surface area contributed by atoms with Crippen molar-refractivity contribution in [2.75, 3.05) is 13.1 Å². The van der Waals surface area contributed by atoms with E-state index in [1.807, 2.05) is 12.4 Å². The number of hydrogen-bond donors (Lipinski definition) is 1. The third-order valence-electron chi connectivity index (χ3n) is 4.77. The largest absolute Gasteiger partial charge is 0.351 e. The predicted molar refractivity (Wildman–Crippen MR) is 75.2 cm³/mol. The molecule has 0 radical (unpaired) electrons. The maximum atomic E-state index is 4.78. The maximum absolute atomic E-state index is 4.78. The van der Waals surface area contributed by atoms with Gasteiger partial charge in [-0.15, -0.1) is 0 Å². The van der Waals surface area contributed by atoms with Gasteiger partial charge in [-0.25, -0.2) is 0 Å². The van der Waals surface area contributed by atoms with Crippen LogP contribution in [0.4, 0.5) is 0 Å². The molecule has 0 bridgehead atoms. The van der Waals surface area contributed by atoms with Crippen LogP contribution >= 0.6 is 0 Å². The predicted octanol–water partition coefficient (Wildman–Crippen LogP) is 1.75. The summed E-state index contributed by atoms with van der Waals surface area (Å²) in [5.74, 6) is 1.68. The summed E-state index contributed by atoms with van der Waals surface area (Å²) in [4.78, 5) is 11.4. The van der Waals surface area contributed by atoms with Crippen molar-refractivity contribution in [3.63, 3.8) is 0 Å². The van der Waals surface area contributed by atoms with Crippen molar-refractivity contribution in [1.29, 1.82) is 0 Å². The number of hydrogen-bond acceptors (Lipinski definition) is 4. The van der Waals surface area contributed by atoms with Crippen molar-refractivity contribution in [3.05, 3.63) is 30.1 Å². The van der Waals surface area contributed by atoms with E-state index in [2.05, 4.69) is 27.3 Å². The summed E-state index contributed by atoms with van der Waals surface area (Å²) in [7, 11) is 0. The highest BCUT2D eigenvalue weighted by atomic mass is 15.4. The first-order valence-corrected chi connectivity index (χ1v) is 7.39. The van der Waals surface area contributed by atoms with E-state index in [1.165, 1.54) is 31.2 Å². The number of rotatable bonds is 1. The summed E-state index contributed by atoms with van der Waals surface area (Å²) in [6.07, 6.45) is 9.13. The van der Waals surface area contributed by atoms with Crippen LogP contribution in [0, 0.1) is 0 Å². The average molecular weight is 256 g/mol. The Hall–Kier alpha value is -1.58. The van der Waals surface area contributed by atoms with E-state index < -0.39 is 0 Å². The van der Waals surface area contributed by atoms with E-state index in [0.717, 1.165) is 19.0 Å². The van der Waals surface area contributed by atoms with E-state index in [1.54, 1.807) is 0 Å². The molecule has 1 saturated carbocycles. The summed E-state index contributed by atoms with van der Waals surface area (Å²) in [6, 6.07) is 5.58. The van der Waals surface area contributed by atoms with Crippen LogP contribution < -0.4 is 5.32 Å². The Morgan fingerprint density at radius 2 is 2.00 bits per heavy atom. The number of nitrogens with one attached hydrogen (secondary N) is 1. The molecule has 1 aliphatic carbocycles. The van der Waals surface area contributed by atoms with Crippen LogP contribution in [0.3, 0.4) is 0 Å². The second-order valence-electron chi connectivity index (χ2n) is 5.90. The highest BCUT2D eigenvalue weighted by Gasteiger charge is 2.41. The minimum Gasteiger partial charge on any atom is -0.351 e. The molecule has 1 N–H and O–H groups in total. The van der Waals surface area contributed by atoms with E-state index >= 15 is 0 Å². The van der Waals surface area contributed by atoms with Crippen molar-refractivity contribution >= 4 is 5.96 Å². The molecule has 3 unspecified atom stereocenters. The summed E-state index contributed by atoms with van der Waals surface area (Å²) in [6.45, 7) is 2.01. The second-order valence-corrected chi connectivity index (χ2v) is 5.90. The SMILES string of the molecule is c1cc(C2CN=C3NC4CCCCC4N3C2)ccn1. The van der Waals surface area contributed by atoms with E-state index in [9.17, 15) is 0 Å². The Morgan fingerprint density at radius 1 is 1.16 bits per heavy atom. The van der Waals surface area contributed by atoms with Crippen molar-refractivity contribution in [2.24, 2.45) is 4.99 Å². The first-order valence-electron chi connectivity index (χ1n) is 7.39. The summed E-state index contributed by atoms with van der Waals surface area (Å²) in [5.41, 5.74) is 1.37. The van der Waals surface area contributed by atoms with Crippen LogP contribution in [0.25, 0.3) is 0 Å². The van der Waals surface area contributed by atoms with E-state index in [4.69, 9.17) is 4.99 Å². The van der Waals surface area contributed by atoms with Gasteiger partial charge in [0.05, 0.1) is 12.6 Å². The van der Waals surface area contributed by atoms with Crippen molar-refractivity contribution in [1.82, 2.24) is 15.2 Å². The van der Waals surface area contributed by atoms with Crippen LogP contribution in [0.15, 0.2) is 29.5 Å². The molecule has 4 heteroatoms. The van der Waals surface area contributed by atoms with Gasteiger partial charge >= 0.3 is 0 Å². The lowest BCUT2D eigenvalue weighted by atomic mass is 9.90. The lowest BCUT2D eigenvalue weighted by molar-refractivity contribution is 0.234. The fraction of sp³-hybridized carbons (Fsp3) is 0.600. The van der Waals surface area contributed by atoms with Gasteiger partial charge in [-0.2, -0.15) is 0 Å². The molecule has 1 aromatic rings. The molecule has 4 rings (SSSR count). The average Bonchev–Trinajstić information content (AvgIpc) is 2.86. The number of pyridine rings is 1. The van der Waals surface area contributed by atoms with E-state index in [-0.39, 0.29) is 0 Å². The van der Waals surface area contributed by atoms with Crippen LogP contribution in [0.2, 0.25) is 0 Å². The van der Waals surface area contributed by atoms with Crippen LogP contribution in [-0.2, 0) is 0 Å². The maximum Gasteiger partial charge on any atom is 0.194 e.